The number of benzene rings is 3. The number of ether oxygens (including phenoxy) is 3. The predicted octanol–water partition coefficient (Wildman–Crippen LogP) is 12.0. The smallest absolute Gasteiger partial charge is 0.343 e. The second-order valence-corrected chi connectivity index (χ2v) is 12.8. The van der Waals surface area contributed by atoms with Gasteiger partial charge in [0, 0.05) is 11.3 Å². The molecule has 3 rings (SSSR count). The number of carbonyl (C=O) groups excluding carboxylic acids is 2. The summed E-state index contributed by atoms with van der Waals surface area (Å²) in [4.78, 5) is 25.3. The van der Waals surface area contributed by atoms with Crippen LogP contribution < -0.4 is 19.5 Å². The van der Waals surface area contributed by atoms with Crippen molar-refractivity contribution >= 4 is 17.6 Å². The van der Waals surface area contributed by atoms with Gasteiger partial charge in [-0.3, -0.25) is 4.79 Å². The van der Waals surface area contributed by atoms with Crippen LogP contribution in [0.4, 0.5) is 5.69 Å². The minimum absolute atomic E-state index is 0.247. The SMILES string of the molecule is CCCCCCCCCCCCCCCCCCOc1ccc(C(=O)Oc2ccc(C(=O)Nc3ccc(OCCCC)cc3)cc2)cc1. The fraction of sp³-hybridized carbons (Fsp3) is 0.524. The highest BCUT2D eigenvalue weighted by molar-refractivity contribution is 6.04. The number of rotatable bonds is 26. The molecule has 0 unspecified atom stereocenters. The Balaban J connectivity index is 1.23. The van der Waals surface area contributed by atoms with Crippen molar-refractivity contribution in [2.45, 2.75) is 129 Å². The van der Waals surface area contributed by atoms with Gasteiger partial charge >= 0.3 is 5.97 Å². The second kappa shape index (κ2) is 24.4. The van der Waals surface area contributed by atoms with Gasteiger partial charge in [-0.1, -0.05) is 117 Å². The Kier molecular flexibility index (Phi) is 19.6. The van der Waals surface area contributed by atoms with E-state index in [0.717, 1.165) is 30.8 Å². The zero-order valence-corrected chi connectivity index (χ0v) is 29.6. The Hall–Kier alpha value is -3.80. The van der Waals surface area contributed by atoms with E-state index in [1.54, 1.807) is 48.5 Å². The number of nitrogens with one attached hydrogen (secondary N) is 1. The number of hydrogen-bond acceptors (Lipinski definition) is 5. The normalized spacial score (nSPS) is 10.9. The number of anilines is 1. The molecule has 0 atom stereocenters. The Labute approximate surface area is 290 Å². The fourth-order valence-electron chi connectivity index (χ4n) is 5.54. The molecular formula is C42H59NO5. The molecule has 0 fully saturated rings. The van der Waals surface area contributed by atoms with E-state index in [2.05, 4.69) is 19.2 Å². The molecule has 0 bridgehead atoms. The van der Waals surface area contributed by atoms with Crippen molar-refractivity contribution in [2.75, 3.05) is 18.5 Å². The number of unbranched alkanes of at least 4 members (excludes halogenated alkanes) is 16. The monoisotopic (exact) mass is 657 g/mol. The van der Waals surface area contributed by atoms with E-state index in [9.17, 15) is 9.59 Å². The molecule has 1 amide bonds. The van der Waals surface area contributed by atoms with E-state index >= 15 is 0 Å². The zero-order valence-electron chi connectivity index (χ0n) is 29.6. The third-order valence-electron chi connectivity index (χ3n) is 8.56. The van der Waals surface area contributed by atoms with Crippen LogP contribution in [0.25, 0.3) is 0 Å². The first-order valence-electron chi connectivity index (χ1n) is 18.7. The van der Waals surface area contributed by atoms with Crippen molar-refractivity contribution < 1.29 is 23.8 Å². The molecule has 0 heterocycles. The standard InChI is InChI=1S/C42H59NO5/c1-3-5-7-8-9-10-11-12-13-14-15-16-17-18-19-20-34-47-38-27-23-36(24-28-38)42(45)48-40-29-21-35(22-30-40)41(44)43-37-25-31-39(32-26-37)46-33-6-4-2/h21-32H,3-20,33-34H2,1-2H3,(H,43,44). The van der Waals surface area contributed by atoms with Crippen molar-refractivity contribution in [3.8, 4) is 17.2 Å². The molecule has 48 heavy (non-hydrogen) atoms. The second-order valence-electron chi connectivity index (χ2n) is 12.8. The lowest BCUT2D eigenvalue weighted by Gasteiger charge is -2.09. The lowest BCUT2D eigenvalue weighted by Crippen LogP contribution is -2.12. The van der Waals surface area contributed by atoms with E-state index in [-0.39, 0.29) is 5.91 Å². The summed E-state index contributed by atoms with van der Waals surface area (Å²) >= 11 is 0. The van der Waals surface area contributed by atoms with Crippen molar-refractivity contribution in [1.29, 1.82) is 0 Å². The molecule has 0 aliphatic rings. The molecule has 262 valence electrons. The summed E-state index contributed by atoms with van der Waals surface area (Å²) < 4.78 is 17.1. The van der Waals surface area contributed by atoms with Gasteiger partial charge in [0.15, 0.2) is 0 Å². The number of esters is 1. The quantitative estimate of drug-likeness (QED) is 0.0528. The Morgan fingerprint density at radius 2 is 0.854 bits per heavy atom. The summed E-state index contributed by atoms with van der Waals surface area (Å²) in [6.45, 7) is 5.76. The number of carbonyl (C=O) groups is 2. The maximum absolute atomic E-state index is 12.7. The molecule has 0 radical (unpaired) electrons. The van der Waals surface area contributed by atoms with E-state index in [1.807, 2.05) is 24.3 Å². The largest absolute Gasteiger partial charge is 0.494 e. The summed E-state index contributed by atoms with van der Waals surface area (Å²) in [5.74, 6) is 1.19. The molecule has 3 aromatic rings. The zero-order chi connectivity index (χ0) is 34.1. The topological polar surface area (TPSA) is 73.9 Å². The summed E-state index contributed by atoms with van der Waals surface area (Å²) in [7, 11) is 0. The highest BCUT2D eigenvalue weighted by Gasteiger charge is 2.11. The fourth-order valence-corrected chi connectivity index (χ4v) is 5.54. The molecule has 0 aliphatic heterocycles. The van der Waals surface area contributed by atoms with Crippen molar-refractivity contribution in [1.82, 2.24) is 0 Å². The summed E-state index contributed by atoms with van der Waals surface area (Å²) in [5.41, 5.74) is 1.58. The maximum Gasteiger partial charge on any atom is 0.343 e. The first kappa shape index (κ1) is 38.6. The van der Waals surface area contributed by atoms with Crippen molar-refractivity contribution in [3.63, 3.8) is 0 Å². The third-order valence-corrected chi connectivity index (χ3v) is 8.56. The summed E-state index contributed by atoms with van der Waals surface area (Å²) in [6.07, 6.45) is 23.7. The van der Waals surface area contributed by atoms with E-state index in [0.29, 0.717) is 35.8 Å². The Morgan fingerprint density at radius 3 is 1.35 bits per heavy atom. The van der Waals surface area contributed by atoms with E-state index in [1.165, 1.54) is 96.3 Å². The van der Waals surface area contributed by atoms with Crippen LogP contribution in [0.3, 0.4) is 0 Å². The molecule has 1 N–H and O–H groups in total. The molecule has 0 saturated heterocycles. The van der Waals surface area contributed by atoms with E-state index in [4.69, 9.17) is 14.2 Å². The van der Waals surface area contributed by atoms with Crippen LogP contribution in [-0.4, -0.2) is 25.1 Å². The summed E-state index contributed by atoms with van der Waals surface area (Å²) in [5, 5.41) is 2.87. The number of hydrogen-bond donors (Lipinski definition) is 1. The van der Waals surface area contributed by atoms with Gasteiger partial charge in [-0.05, 0) is 85.6 Å². The van der Waals surface area contributed by atoms with Crippen LogP contribution in [0.2, 0.25) is 0 Å². The van der Waals surface area contributed by atoms with Gasteiger partial charge in [-0.25, -0.2) is 4.79 Å². The molecule has 3 aromatic carbocycles. The molecule has 0 saturated carbocycles. The molecule has 0 aliphatic carbocycles. The molecular weight excluding hydrogens is 598 g/mol. The van der Waals surface area contributed by atoms with E-state index < -0.39 is 5.97 Å². The van der Waals surface area contributed by atoms with Gasteiger partial charge in [0.1, 0.15) is 17.2 Å². The van der Waals surface area contributed by atoms with Gasteiger partial charge in [-0.2, -0.15) is 0 Å². The Bertz CT molecular complexity index is 1270. The van der Waals surface area contributed by atoms with Crippen LogP contribution in [0, 0.1) is 0 Å². The minimum Gasteiger partial charge on any atom is -0.494 e. The van der Waals surface area contributed by atoms with Gasteiger partial charge in [0.2, 0.25) is 0 Å². The predicted molar refractivity (Wildman–Crippen MR) is 198 cm³/mol. The number of amides is 1. The Morgan fingerprint density at radius 1 is 0.458 bits per heavy atom. The average molecular weight is 658 g/mol. The van der Waals surface area contributed by atoms with Crippen LogP contribution in [0.15, 0.2) is 72.8 Å². The van der Waals surface area contributed by atoms with Crippen LogP contribution in [0.5, 0.6) is 17.2 Å². The lowest BCUT2D eigenvalue weighted by molar-refractivity contribution is 0.0734. The van der Waals surface area contributed by atoms with Crippen LogP contribution in [0.1, 0.15) is 150 Å². The first-order valence-corrected chi connectivity index (χ1v) is 18.7. The van der Waals surface area contributed by atoms with Gasteiger partial charge in [0.05, 0.1) is 18.8 Å². The van der Waals surface area contributed by atoms with Crippen LogP contribution in [-0.2, 0) is 0 Å². The molecule has 0 aromatic heterocycles. The highest BCUT2D eigenvalue weighted by atomic mass is 16.5. The third kappa shape index (κ3) is 16.3. The van der Waals surface area contributed by atoms with Crippen molar-refractivity contribution in [3.05, 3.63) is 83.9 Å². The van der Waals surface area contributed by atoms with Gasteiger partial charge in [-0.15, -0.1) is 0 Å². The van der Waals surface area contributed by atoms with Crippen LogP contribution >= 0.6 is 0 Å². The van der Waals surface area contributed by atoms with Crippen molar-refractivity contribution in [2.24, 2.45) is 0 Å². The lowest BCUT2D eigenvalue weighted by atomic mass is 10.0. The highest BCUT2D eigenvalue weighted by Crippen LogP contribution is 2.20. The maximum atomic E-state index is 12.7. The van der Waals surface area contributed by atoms with Gasteiger partial charge in [0.25, 0.3) is 5.91 Å². The minimum atomic E-state index is -0.460. The molecule has 6 nitrogen and oxygen atoms in total. The molecule has 0 spiro atoms. The van der Waals surface area contributed by atoms with Gasteiger partial charge < -0.3 is 19.5 Å². The molecule has 6 heteroatoms. The average Bonchev–Trinajstić information content (AvgIpc) is 3.11. The first-order chi connectivity index (χ1) is 23.6. The summed E-state index contributed by atoms with van der Waals surface area (Å²) in [6, 6.07) is 20.9.